The molecule has 1 aliphatic heterocycles. The van der Waals surface area contributed by atoms with Crippen LogP contribution in [0.1, 0.15) is 25.3 Å². The van der Waals surface area contributed by atoms with Crippen molar-refractivity contribution >= 4 is 17.6 Å². The molecular formula is C16H14ClFN2O4. The van der Waals surface area contributed by atoms with Crippen LogP contribution in [-0.4, -0.2) is 17.7 Å². The molecule has 0 aromatic heterocycles. The number of carbonyl (C=O) groups excluding carboxylic acids is 1. The van der Waals surface area contributed by atoms with Gasteiger partial charge in [0.05, 0.1) is 23.1 Å². The van der Waals surface area contributed by atoms with Gasteiger partial charge in [-0.15, -0.1) is 0 Å². The van der Waals surface area contributed by atoms with Crippen molar-refractivity contribution in [2.75, 3.05) is 6.61 Å². The molecule has 24 heavy (non-hydrogen) atoms. The Balaban J connectivity index is 2.69. The van der Waals surface area contributed by atoms with Crippen LogP contribution >= 0.6 is 11.6 Å². The number of nitriles is 1. The van der Waals surface area contributed by atoms with Crippen LogP contribution in [0.5, 0.6) is 5.75 Å². The monoisotopic (exact) mass is 352 g/mol. The molecule has 1 unspecified atom stereocenters. The Morgan fingerprint density at radius 3 is 2.79 bits per heavy atom. The first-order chi connectivity index (χ1) is 11.3. The van der Waals surface area contributed by atoms with Gasteiger partial charge in [0, 0.05) is 0 Å². The van der Waals surface area contributed by atoms with Gasteiger partial charge in [-0.2, -0.15) is 5.26 Å². The fourth-order valence-electron chi connectivity index (χ4n) is 2.44. The molecule has 1 aliphatic rings. The summed E-state index contributed by atoms with van der Waals surface area (Å²) in [4.78, 5) is 12.3. The van der Waals surface area contributed by atoms with Gasteiger partial charge in [0.2, 0.25) is 5.88 Å². The van der Waals surface area contributed by atoms with Gasteiger partial charge in [-0.1, -0.05) is 11.6 Å². The standard InChI is InChI=1S/C16H14ClFN2O4/c1-3-23-16(22)12-7(2)24-15(20)9(6-19)13(12)8-4-10(17)14(21)11(18)5-8/h4-5,13,21H,3,20H2,1-2H3. The van der Waals surface area contributed by atoms with Crippen molar-refractivity contribution in [3.05, 3.63) is 51.3 Å². The van der Waals surface area contributed by atoms with Crippen LogP contribution in [0.4, 0.5) is 4.39 Å². The molecule has 6 nitrogen and oxygen atoms in total. The van der Waals surface area contributed by atoms with Crippen molar-refractivity contribution in [2.24, 2.45) is 5.73 Å². The fourth-order valence-corrected chi connectivity index (χ4v) is 2.66. The average Bonchev–Trinajstić information content (AvgIpc) is 2.51. The first-order valence-corrected chi connectivity index (χ1v) is 7.32. The largest absolute Gasteiger partial charge is 0.504 e. The van der Waals surface area contributed by atoms with Crippen molar-refractivity contribution in [1.82, 2.24) is 0 Å². The molecule has 1 aromatic carbocycles. The summed E-state index contributed by atoms with van der Waals surface area (Å²) in [5.74, 6) is -3.50. The molecule has 1 atom stereocenters. The number of halogens is 2. The van der Waals surface area contributed by atoms with E-state index in [1.807, 2.05) is 6.07 Å². The lowest BCUT2D eigenvalue weighted by Gasteiger charge is -2.27. The Labute approximate surface area is 142 Å². The van der Waals surface area contributed by atoms with Crippen LogP contribution in [0.15, 0.2) is 34.9 Å². The number of rotatable bonds is 3. The number of nitrogens with two attached hydrogens (primary N) is 1. The van der Waals surface area contributed by atoms with Crippen LogP contribution in [0, 0.1) is 17.1 Å². The van der Waals surface area contributed by atoms with Gasteiger partial charge >= 0.3 is 5.97 Å². The molecule has 0 saturated heterocycles. The summed E-state index contributed by atoms with van der Waals surface area (Å²) in [6.07, 6.45) is 0. The minimum absolute atomic E-state index is 0.0174. The predicted molar refractivity (Wildman–Crippen MR) is 83.1 cm³/mol. The summed E-state index contributed by atoms with van der Waals surface area (Å²) < 4.78 is 24.1. The highest BCUT2D eigenvalue weighted by Gasteiger charge is 2.37. The van der Waals surface area contributed by atoms with E-state index in [0.717, 1.165) is 6.07 Å². The van der Waals surface area contributed by atoms with E-state index < -0.39 is 23.5 Å². The quantitative estimate of drug-likeness (QED) is 0.810. The zero-order valence-corrected chi connectivity index (χ0v) is 13.6. The molecule has 0 radical (unpaired) electrons. The maximum Gasteiger partial charge on any atom is 0.338 e. The van der Waals surface area contributed by atoms with E-state index in [1.54, 1.807) is 6.92 Å². The zero-order valence-electron chi connectivity index (χ0n) is 12.9. The lowest BCUT2D eigenvalue weighted by Crippen LogP contribution is -2.25. The van der Waals surface area contributed by atoms with Gasteiger partial charge in [0.25, 0.3) is 0 Å². The highest BCUT2D eigenvalue weighted by molar-refractivity contribution is 6.32. The summed E-state index contributed by atoms with van der Waals surface area (Å²) >= 11 is 5.81. The van der Waals surface area contributed by atoms with E-state index in [2.05, 4.69) is 0 Å². The number of allylic oxidation sites excluding steroid dienone is 2. The average molecular weight is 353 g/mol. The van der Waals surface area contributed by atoms with Crippen LogP contribution in [0.25, 0.3) is 0 Å². The van der Waals surface area contributed by atoms with Gasteiger partial charge in [0.15, 0.2) is 11.6 Å². The van der Waals surface area contributed by atoms with Crippen LogP contribution in [0.2, 0.25) is 5.02 Å². The van der Waals surface area contributed by atoms with Gasteiger partial charge in [-0.25, -0.2) is 9.18 Å². The second-order valence-electron chi connectivity index (χ2n) is 4.95. The molecular weight excluding hydrogens is 339 g/mol. The molecule has 0 fully saturated rings. The number of phenols is 1. The molecule has 126 valence electrons. The smallest absolute Gasteiger partial charge is 0.338 e. The number of nitrogens with zero attached hydrogens (tertiary/aromatic N) is 1. The fraction of sp³-hybridized carbons (Fsp3) is 0.250. The molecule has 0 spiro atoms. The van der Waals surface area contributed by atoms with Crippen molar-refractivity contribution in [1.29, 1.82) is 5.26 Å². The van der Waals surface area contributed by atoms with Gasteiger partial charge < -0.3 is 20.3 Å². The molecule has 1 aromatic rings. The number of carbonyl (C=O) groups is 1. The molecule has 2 rings (SSSR count). The second-order valence-corrected chi connectivity index (χ2v) is 5.36. The number of phenolic OH excluding ortho intramolecular Hbond substituents is 1. The van der Waals surface area contributed by atoms with E-state index >= 15 is 0 Å². The number of esters is 1. The van der Waals surface area contributed by atoms with Crippen molar-refractivity contribution < 1.29 is 23.8 Å². The molecule has 0 amide bonds. The molecule has 8 heteroatoms. The summed E-state index contributed by atoms with van der Waals surface area (Å²) in [6, 6.07) is 4.10. The van der Waals surface area contributed by atoms with Crippen molar-refractivity contribution in [3.8, 4) is 11.8 Å². The van der Waals surface area contributed by atoms with Crippen LogP contribution in [-0.2, 0) is 14.3 Å². The number of hydrogen-bond acceptors (Lipinski definition) is 6. The van der Waals surface area contributed by atoms with Gasteiger partial charge in [0.1, 0.15) is 17.4 Å². The summed E-state index contributed by atoms with van der Waals surface area (Å²) in [6.45, 7) is 3.21. The first-order valence-electron chi connectivity index (χ1n) is 6.95. The maximum absolute atomic E-state index is 13.9. The number of benzene rings is 1. The topological polar surface area (TPSA) is 106 Å². The minimum atomic E-state index is -1.02. The predicted octanol–water partition coefficient (Wildman–Crippen LogP) is 2.83. The number of hydrogen-bond donors (Lipinski definition) is 2. The molecule has 0 saturated carbocycles. The summed E-state index contributed by atoms with van der Waals surface area (Å²) in [5, 5.41) is 18.6. The summed E-state index contributed by atoms with van der Waals surface area (Å²) in [7, 11) is 0. The van der Waals surface area contributed by atoms with Crippen molar-refractivity contribution in [3.63, 3.8) is 0 Å². The highest BCUT2D eigenvalue weighted by Crippen LogP contribution is 2.42. The third kappa shape index (κ3) is 3.01. The SMILES string of the molecule is CCOC(=O)C1=C(C)OC(N)=C(C#N)C1c1cc(F)c(O)c(Cl)c1. The van der Waals surface area contributed by atoms with E-state index in [-0.39, 0.29) is 40.0 Å². The van der Waals surface area contributed by atoms with E-state index in [0.29, 0.717) is 0 Å². The third-order valence-electron chi connectivity index (χ3n) is 3.47. The molecule has 3 N–H and O–H groups in total. The Morgan fingerprint density at radius 1 is 1.58 bits per heavy atom. The lowest BCUT2D eigenvalue weighted by atomic mass is 9.83. The molecule has 0 aliphatic carbocycles. The van der Waals surface area contributed by atoms with Crippen molar-refractivity contribution in [2.45, 2.75) is 19.8 Å². The number of ether oxygens (including phenoxy) is 2. The Kier molecular flexibility index (Phi) is 5.00. The second kappa shape index (κ2) is 6.81. The number of aromatic hydroxyl groups is 1. The first kappa shape index (κ1) is 17.6. The van der Waals surface area contributed by atoms with Gasteiger partial charge in [-0.3, -0.25) is 0 Å². The minimum Gasteiger partial charge on any atom is -0.504 e. The Morgan fingerprint density at radius 2 is 2.25 bits per heavy atom. The van der Waals surface area contributed by atoms with Crippen LogP contribution < -0.4 is 5.73 Å². The molecule has 1 heterocycles. The van der Waals surface area contributed by atoms with E-state index in [9.17, 15) is 19.6 Å². The van der Waals surface area contributed by atoms with E-state index in [1.165, 1.54) is 13.0 Å². The Bertz CT molecular complexity index is 788. The summed E-state index contributed by atoms with van der Waals surface area (Å²) in [5.41, 5.74) is 5.83. The Hall–Kier alpha value is -2.72. The maximum atomic E-state index is 13.9. The highest BCUT2D eigenvalue weighted by atomic mass is 35.5. The van der Waals surface area contributed by atoms with E-state index in [4.69, 9.17) is 26.8 Å². The lowest BCUT2D eigenvalue weighted by molar-refractivity contribution is -0.139. The van der Waals surface area contributed by atoms with Crippen LogP contribution in [0.3, 0.4) is 0 Å². The zero-order chi connectivity index (χ0) is 18.0. The van der Waals surface area contributed by atoms with Gasteiger partial charge in [-0.05, 0) is 31.5 Å². The normalized spacial score (nSPS) is 17.4. The third-order valence-corrected chi connectivity index (χ3v) is 3.76. The molecule has 0 bridgehead atoms.